The zero-order chi connectivity index (χ0) is 14.1. The molecule has 4 rings (SSSR count). The van der Waals surface area contributed by atoms with Gasteiger partial charge in [0, 0.05) is 30.9 Å². The first-order chi connectivity index (χ1) is 9.67. The summed E-state index contributed by atoms with van der Waals surface area (Å²) in [5, 5.41) is 6.36. The number of hydrogen-bond acceptors (Lipinski definition) is 3. The van der Waals surface area contributed by atoms with E-state index in [-0.39, 0.29) is 5.91 Å². The molecule has 1 atom stereocenters. The lowest BCUT2D eigenvalue weighted by Gasteiger charge is -2.45. The Kier molecular flexibility index (Phi) is 3.66. The molecule has 3 fully saturated rings. The van der Waals surface area contributed by atoms with Gasteiger partial charge in [-0.15, -0.1) is 0 Å². The summed E-state index contributed by atoms with van der Waals surface area (Å²) in [5.74, 6) is 0.755. The first kappa shape index (κ1) is 13.4. The van der Waals surface area contributed by atoms with E-state index in [0.717, 1.165) is 23.7 Å². The van der Waals surface area contributed by atoms with Crippen molar-refractivity contribution in [1.29, 1.82) is 0 Å². The number of aryl methyl sites for hydroxylation is 1. The molecule has 3 aliphatic heterocycles. The number of piperidine rings is 3. The van der Waals surface area contributed by atoms with Gasteiger partial charge in [0.1, 0.15) is 0 Å². The molecule has 20 heavy (non-hydrogen) atoms. The normalized spacial score (nSPS) is 28.2. The van der Waals surface area contributed by atoms with Gasteiger partial charge in [0.2, 0.25) is 0 Å². The van der Waals surface area contributed by atoms with Crippen molar-refractivity contribution in [3.63, 3.8) is 0 Å². The average molecular weight is 273 g/mol. The van der Waals surface area contributed by atoms with Gasteiger partial charge in [-0.2, -0.15) is 0 Å². The second kappa shape index (κ2) is 5.44. The Morgan fingerprint density at radius 3 is 2.65 bits per heavy atom. The maximum Gasteiger partial charge on any atom is 0.251 e. The van der Waals surface area contributed by atoms with E-state index in [1.165, 1.54) is 31.5 Å². The van der Waals surface area contributed by atoms with Crippen LogP contribution in [0.15, 0.2) is 18.2 Å². The molecule has 0 radical (unpaired) electrons. The maximum atomic E-state index is 11.7. The van der Waals surface area contributed by atoms with Gasteiger partial charge in [0.15, 0.2) is 0 Å². The van der Waals surface area contributed by atoms with Crippen LogP contribution in [0.4, 0.5) is 5.69 Å². The van der Waals surface area contributed by atoms with E-state index in [1.807, 2.05) is 18.2 Å². The third-order valence-electron chi connectivity index (χ3n) is 4.72. The molecule has 2 bridgehead atoms. The van der Waals surface area contributed by atoms with Crippen LogP contribution in [0.3, 0.4) is 0 Å². The summed E-state index contributed by atoms with van der Waals surface area (Å²) >= 11 is 0. The van der Waals surface area contributed by atoms with Crippen LogP contribution >= 0.6 is 0 Å². The van der Waals surface area contributed by atoms with Crippen molar-refractivity contribution in [3.05, 3.63) is 29.3 Å². The smallest absolute Gasteiger partial charge is 0.251 e. The molecule has 0 aliphatic carbocycles. The third kappa shape index (κ3) is 2.52. The van der Waals surface area contributed by atoms with Crippen molar-refractivity contribution in [2.24, 2.45) is 5.92 Å². The number of rotatable bonds is 3. The fraction of sp³-hybridized carbons (Fsp3) is 0.562. The van der Waals surface area contributed by atoms with Crippen LogP contribution in [0.25, 0.3) is 0 Å². The monoisotopic (exact) mass is 273 g/mol. The molecular weight excluding hydrogens is 250 g/mol. The van der Waals surface area contributed by atoms with Crippen molar-refractivity contribution < 1.29 is 4.79 Å². The molecule has 0 saturated carbocycles. The topological polar surface area (TPSA) is 44.4 Å². The van der Waals surface area contributed by atoms with Gasteiger partial charge in [0.25, 0.3) is 5.91 Å². The molecule has 1 aromatic rings. The Balaban J connectivity index is 1.78. The van der Waals surface area contributed by atoms with Gasteiger partial charge in [-0.3, -0.25) is 4.79 Å². The van der Waals surface area contributed by atoms with Crippen molar-refractivity contribution in [1.82, 2.24) is 10.2 Å². The maximum absolute atomic E-state index is 11.7. The Bertz CT molecular complexity index is 506. The molecule has 1 amide bonds. The van der Waals surface area contributed by atoms with Crippen LogP contribution in [0.1, 0.15) is 28.8 Å². The van der Waals surface area contributed by atoms with Crippen LogP contribution in [-0.2, 0) is 0 Å². The molecule has 0 spiro atoms. The Morgan fingerprint density at radius 1 is 1.30 bits per heavy atom. The molecular formula is C16H23N3O. The molecule has 1 unspecified atom stereocenters. The summed E-state index contributed by atoms with van der Waals surface area (Å²) in [4.78, 5) is 14.3. The predicted octanol–water partition coefficient (Wildman–Crippen LogP) is 1.86. The van der Waals surface area contributed by atoms with Crippen molar-refractivity contribution in [2.45, 2.75) is 25.8 Å². The van der Waals surface area contributed by atoms with Gasteiger partial charge >= 0.3 is 0 Å². The summed E-state index contributed by atoms with van der Waals surface area (Å²) in [7, 11) is 1.67. The highest BCUT2D eigenvalue weighted by Gasteiger charge is 2.34. The highest BCUT2D eigenvalue weighted by Crippen LogP contribution is 2.30. The van der Waals surface area contributed by atoms with Crippen LogP contribution in [0.5, 0.6) is 0 Å². The molecule has 108 valence electrons. The van der Waals surface area contributed by atoms with E-state index >= 15 is 0 Å². The van der Waals surface area contributed by atoms with Crippen molar-refractivity contribution in [2.75, 3.05) is 32.0 Å². The molecule has 3 saturated heterocycles. The second-order valence-corrected chi connectivity index (χ2v) is 6.00. The number of fused-ring (bicyclic) bond motifs is 3. The van der Waals surface area contributed by atoms with Gasteiger partial charge in [-0.1, -0.05) is 6.07 Å². The number of hydrogen-bond donors (Lipinski definition) is 2. The number of carbonyl (C=O) groups is 1. The standard InChI is InChI=1S/C16H23N3O/c1-11-3-4-13(16(20)17-2)9-14(11)18-15-10-19-7-5-12(15)6-8-19/h3-4,9,12,15,18H,5-8,10H2,1-2H3,(H,17,20). The first-order valence-corrected chi connectivity index (χ1v) is 7.49. The minimum absolute atomic E-state index is 0.0260. The lowest BCUT2D eigenvalue weighted by Crippen LogP contribution is -2.53. The number of carbonyl (C=O) groups excluding carboxylic acids is 1. The minimum atomic E-state index is -0.0260. The summed E-state index contributed by atoms with van der Waals surface area (Å²) in [6.45, 7) is 5.73. The van der Waals surface area contributed by atoms with E-state index in [4.69, 9.17) is 0 Å². The van der Waals surface area contributed by atoms with E-state index in [2.05, 4.69) is 22.5 Å². The Morgan fingerprint density at radius 2 is 2.05 bits per heavy atom. The van der Waals surface area contributed by atoms with Gasteiger partial charge in [0.05, 0.1) is 0 Å². The number of amides is 1. The molecule has 4 nitrogen and oxygen atoms in total. The van der Waals surface area contributed by atoms with Crippen LogP contribution in [0.2, 0.25) is 0 Å². The lowest BCUT2D eigenvalue weighted by molar-refractivity contribution is 0.0962. The third-order valence-corrected chi connectivity index (χ3v) is 4.72. The predicted molar refractivity (Wildman–Crippen MR) is 81.1 cm³/mol. The molecule has 0 aromatic heterocycles. The molecule has 3 heterocycles. The summed E-state index contributed by atoms with van der Waals surface area (Å²) < 4.78 is 0. The summed E-state index contributed by atoms with van der Waals surface area (Å²) in [6, 6.07) is 6.41. The average Bonchev–Trinajstić information content (AvgIpc) is 2.50. The number of anilines is 1. The summed E-state index contributed by atoms with van der Waals surface area (Å²) in [5.41, 5.74) is 3.03. The SMILES string of the molecule is CNC(=O)c1ccc(C)c(NC2CN3CCC2CC3)c1. The van der Waals surface area contributed by atoms with E-state index < -0.39 is 0 Å². The molecule has 1 aromatic carbocycles. The number of nitrogens with zero attached hydrogens (tertiary/aromatic N) is 1. The Hall–Kier alpha value is -1.55. The first-order valence-electron chi connectivity index (χ1n) is 7.49. The quantitative estimate of drug-likeness (QED) is 0.883. The lowest BCUT2D eigenvalue weighted by atomic mass is 9.84. The number of benzene rings is 1. The highest BCUT2D eigenvalue weighted by atomic mass is 16.1. The van der Waals surface area contributed by atoms with E-state index in [1.54, 1.807) is 7.05 Å². The zero-order valence-corrected chi connectivity index (χ0v) is 12.3. The highest BCUT2D eigenvalue weighted by molar-refractivity contribution is 5.95. The molecule has 4 heteroatoms. The van der Waals surface area contributed by atoms with E-state index in [9.17, 15) is 4.79 Å². The molecule has 2 N–H and O–H groups in total. The summed E-state index contributed by atoms with van der Waals surface area (Å²) in [6.07, 6.45) is 2.59. The fourth-order valence-corrected chi connectivity index (χ4v) is 3.39. The van der Waals surface area contributed by atoms with Crippen LogP contribution < -0.4 is 10.6 Å². The van der Waals surface area contributed by atoms with Gasteiger partial charge < -0.3 is 15.5 Å². The van der Waals surface area contributed by atoms with Crippen LogP contribution in [-0.4, -0.2) is 43.5 Å². The zero-order valence-electron chi connectivity index (χ0n) is 12.3. The molecule has 3 aliphatic rings. The fourth-order valence-electron chi connectivity index (χ4n) is 3.39. The van der Waals surface area contributed by atoms with Gasteiger partial charge in [-0.25, -0.2) is 0 Å². The van der Waals surface area contributed by atoms with Crippen molar-refractivity contribution >= 4 is 11.6 Å². The minimum Gasteiger partial charge on any atom is -0.381 e. The van der Waals surface area contributed by atoms with Crippen LogP contribution in [0, 0.1) is 12.8 Å². The van der Waals surface area contributed by atoms with Crippen molar-refractivity contribution in [3.8, 4) is 0 Å². The van der Waals surface area contributed by atoms with Gasteiger partial charge in [-0.05, 0) is 56.5 Å². The largest absolute Gasteiger partial charge is 0.381 e. The number of nitrogens with one attached hydrogen (secondary N) is 2. The van der Waals surface area contributed by atoms with E-state index in [0.29, 0.717) is 6.04 Å². The Labute approximate surface area is 120 Å². The second-order valence-electron chi connectivity index (χ2n) is 6.00.